The first kappa shape index (κ1) is 8.78. The second-order valence-electron chi connectivity index (χ2n) is 3.05. The normalized spacial score (nSPS) is 10.2. The predicted octanol–water partition coefficient (Wildman–Crippen LogP) is 2.27. The molecular weight excluding hydrogens is 152 g/mol. The quantitative estimate of drug-likeness (QED) is 0.635. The second kappa shape index (κ2) is 3.39. The average molecular weight is 163 g/mol. The van der Waals surface area contributed by atoms with E-state index >= 15 is 0 Å². The van der Waals surface area contributed by atoms with E-state index in [1.54, 1.807) is 13.8 Å². The van der Waals surface area contributed by atoms with Gasteiger partial charge in [-0.25, -0.2) is 9.90 Å². The van der Waals surface area contributed by atoms with Crippen molar-refractivity contribution in [3.8, 4) is 11.1 Å². The summed E-state index contributed by atoms with van der Waals surface area (Å²) in [5, 5.41) is 9.59. The van der Waals surface area contributed by atoms with Crippen molar-refractivity contribution in [2.45, 2.75) is 13.8 Å². The fourth-order valence-corrected chi connectivity index (χ4v) is 0.676. The molecule has 0 amide bonds. The smallest absolute Gasteiger partial charge is 0.247 e. The first-order valence-electron chi connectivity index (χ1n) is 3.92. The van der Waals surface area contributed by atoms with Crippen molar-refractivity contribution in [1.29, 1.82) is 0 Å². The largest absolute Gasteiger partial charge is 0.358 e. The van der Waals surface area contributed by atoms with Gasteiger partial charge >= 0.3 is 5.97 Å². The molecule has 0 aromatic rings. The zero-order chi connectivity index (χ0) is 9.14. The van der Waals surface area contributed by atoms with Crippen LogP contribution >= 0.6 is 0 Å². The van der Waals surface area contributed by atoms with Gasteiger partial charge in [0.15, 0.2) is 0 Å². The molecule has 1 radical (unpaired) electrons. The highest BCUT2D eigenvalue weighted by Gasteiger charge is 2.06. The van der Waals surface area contributed by atoms with Crippen LogP contribution in [0.2, 0.25) is 0 Å². The maximum absolute atomic E-state index is 9.59. The Morgan fingerprint density at radius 3 is 1.75 bits per heavy atom. The Balaban J connectivity index is 0.000000120. The van der Waals surface area contributed by atoms with Crippen LogP contribution in [0.1, 0.15) is 13.8 Å². The molecule has 12 heavy (non-hydrogen) atoms. The molecule has 2 aliphatic rings. The number of carbonyl (C=O) groups is 1. The van der Waals surface area contributed by atoms with E-state index in [0.29, 0.717) is 0 Å². The molecule has 2 heteroatoms. The van der Waals surface area contributed by atoms with E-state index in [4.69, 9.17) is 0 Å². The third kappa shape index (κ3) is 2.38. The molecule has 0 heterocycles. The maximum Gasteiger partial charge on any atom is 0.358 e. The minimum atomic E-state index is -0.991. The van der Waals surface area contributed by atoms with Crippen LogP contribution in [0.5, 0.6) is 0 Å². The monoisotopic (exact) mass is 163 g/mol. The summed E-state index contributed by atoms with van der Waals surface area (Å²) in [6.45, 7) is 3.16. The standard InChI is InChI=1S/C6H4.C4H7O2/c1-2-5-4-6(5)3-1;1-3(2)4(5)6/h1-4H;3H,1-2H3. The van der Waals surface area contributed by atoms with Crippen molar-refractivity contribution in [1.82, 2.24) is 0 Å². The van der Waals surface area contributed by atoms with Gasteiger partial charge in [0.05, 0.1) is 5.92 Å². The Kier molecular flexibility index (Phi) is 2.48. The van der Waals surface area contributed by atoms with Gasteiger partial charge in [-0.3, -0.25) is 0 Å². The molecule has 63 valence electrons. The van der Waals surface area contributed by atoms with Crippen molar-refractivity contribution >= 4 is 5.97 Å². The van der Waals surface area contributed by atoms with Crippen LogP contribution in [0.4, 0.5) is 0 Å². The molecular formula is C10H11O2. The molecule has 0 atom stereocenters. The van der Waals surface area contributed by atoms with Crippen molar-refractivity contribution < 1.29 is 9.90 Å². The summed E-state index contributed by atoms with van der Waals surface area (Å²) in [5.74, 6) is -1.33. The summed E-state index contributed by atoms with van der Waals surface area (Å²) in [6, 6.07) is 8.48. The lowest BCUT2D eigenvalue weighted by molar-refractivity contribution is -0.146. The van der Waals surface area contributed by atoms with E-state index in [-0.39, 0.29) is 5.92 Å². The lowest BCUT2D eigenvalue weighted by Crippen LogP contribution is -2.01. The highest BCUT2D eigenvalue weighted by Crippen LogP contribution is 2.32. The van der Waals surface area contributed by atoms with Crippen LogP contribution in [0, 0.1) is 5.92 Å². The molecule has 0 aliphatic heterocycles. The predicted molar refractivity (Wildman–Crippen MR) is 46.0 cm³/mol. The summed E-state index contributed by atoms with van der Waals surface area (Å²) in [4.78, 5) is 9.59. The van der Waals surface area contributed by atoms with Crippen LogP contribution in [0.25, 0.3) is 11.1 Å². The Hall–Kier alpha value is -1.31. The van der Waals surface area contributed by atoms with Gasteiger partial charge in [0.25, 0.3) is 0 Å². The minimum absolute atomic E-state index is 0.343. The molecule has 0 bridgehead atoms. The van der Waals surface area contributed by atoms with Gasteiger partial charge in [-0.15, -0.1) is 0 Å². The van der Waals surface area contributed by atoms with E-state index < -0.39 is 5.97 Å². The lowest BCUT2D eigenvalue weighted by atomic mass is 10.2. The van der Waals surface area contributed by atoms with Crippen LogP contribution in [-0.2, 0) is 9.90 Å². The van der Waals surface area contributed by atoms with E-state index in [9.17, 15) is 9.90 Å². The first-order valence-corrected chi connectivity index (χ1v) is 3.92. The van der Waals surface area contributed by atoms with Crippen LogP contribution < -0.4 is 0 Å². The van der Waals surface area contributed by atoms with Crippen molar-refractivity contribution in [2.75, 3.05) is 0 Å². The Bertz CT molecular complexity index is 272. The summed E-state index contributed by atoms with van der Waals surface area (Å²) in [7, 11) is 0. The molecule has 2 rings (SSSR count). The topological polar surface area (TPSA) is 37.0 Å². The fourth-order valence-electron chi connectivity index (χ4n) is 0.676. The molecule has 0 saturated heterocycles. The molecule has 0 N–H and O–H groups in total. The third-order valence-corrected chi connectivity index (χ3v) is 1.58. The van der Waals surface area contributed by atoms with Crippen molar-refractivity contribution in [2.24, 2.45) is 5.92 Å². The van der Waals surface area contributed by atoms with Crippen molar-refractivity contribution in [3.05, 3.63) is 24.3 Å². The van der Waals surface area contributed by atoms with E-state index in [1.165, 1.54) is 11.1 Å². The third-order valence-electron chi connectivity index (χ3n) is 1.58. The van der Waals surface area contributed by atoms with E-state index in [2.05, 4.69) is 24.3 Å². The maximum atomic E-state index is 9.59. The van der Waals surface area contributed by atoms with Gasteiger partial charge in [-0.2, -0.15) is 0 Å². The number of hydrogen-bond acceptors (Lipinski definition) is 1. The molecule has 2 aliphatic carbocycles. The molecule has 0 unspecified atom stereocenters. The number of carbonyl (C=O) groups excluding carboxylic acids is 1. The molecule has 0 aromatic heterocycles. The fraction of sp³-hybridized carbons (Fsp3) is 0.300. The number of rotatable bonds is 1. The Labute approximate surface area is 71.8 Å². The zero-order valence-corrected chi connectivity index (χ0v) is 7.20. The SMILES string of the molecule is CC(C)C([O])=O.c1cc2cc-2c1. The summed E-state index contributed by atoms with van der Waals surface area (Å²) < 4.78 is 0. The molecule has 0 fully saturated rings. The van der Waals surface area contributed by atoms with Crippen LogP contribution in [-0.4, -0.2) is 5.97 Å². The average Bonchev–Trinajstić information content (AvgIpc) is 2.60. The lowest BCUT2D eigenvalue weighted by Gasteiger charge is -1.85. The molecule has 2 nitrogen and oxygen atoms in total. The minimum Gasteiger partial charge on any atom is -0.247 e. The first-order chi connectivity index (χ1) is 5.61. The molecule has 0 saturated carbocycles. The highest BCUT2D eigenvalue weighted by atomic mass is 16.4. The summed E-state index contributed by atoms with van der Waals surface area (Å²) in [6.07, 6.45) is 0. The van der Waals surface area contributed by atoms with Gasteiger partial charge in [0.2, 0.25) is 0 Å². The zero-order valence-electron chi connectivity index (χ0n) is 7.20. The van der Waals surface area contributed by atoms with E-state index in [1.807, 2.05) is 0 Å². The van der Waals surface area contributed by atoms with Gasteiger partial charge in [0.1, 0.15) is 0 Å². The Morgan fingerprint density at radius 1 is 1.25 bits per heavy atom. The summed E-state index contributed by atoms with van der Waals surface area (Å²) in [5.41, 5.74) is 2.85. The molecule has 0 aromatic carbocycles. The van der Waals surface area contributed by atoms with Gasteiger partial charge in [-0.05, 0) is 17.2 Å². The van der Waals surface area contributed by atoms with Crippen molar-refractivity contribution in [3.63, 3.8) is 0 Å². The van der Waals surface area contributed by atoms with Gasteiger partial charge in [-0.1, -0.05) is 32.0 Å². The highest BCUT2D eigenvalue weighted by molar-refractivity contribution is 5.80. The summed E-state index contributed by atoms with van der Waals surface area (Å²) >= 11 is 0. The van der Waals surface area contributed by atoms with Gasteiger partial charge in [0, 0.05) is 0 Å². The van der Waals surface area contributed by atoms with E-state index in [0.717, 1.165) is 0 Å². The van der Waals surface area contributed by atoms with Crippen LogP contribution in [0.3, 0.4) is 0 Å². The van der Waals surface area contributed by atoms with Gasteiger partial charge < -0.3 is 0 Å². The Morgan fingerprint density at radius 2 is 1.67 bits per heavy atom. The number of benzene rings is 1. The molecule has 0 spiro atoms. The number of hydrogen-bond donors (Lipinski definition) is 0. The number of fused-ring (bicyclic) bond motifs is 1. The van der Waals surface area contributed by atoms with Crippen LogP contribution in [0.15, 0.2) is 24.3 Å². The second-order valence-corrected chi connectivity index (χ2v) is 3.05.